The number of rotatable bonds is 12. The Morgan fingerprint density at radius 2 is 1.36 bits per heavy atom. The molecule has 0 aliphatic carbocycles. The van der Waals surface area contributed by atoms with Crippen molar-refractivity contribution in [3.63, 3.8) is 0 Å². The van der Waals surface area contributed by atoms with E-state index in [2.05, 4.69) is 21.3 Å². The number of esters is 3. The van der Waals surface area contributed by atoms with Crippen LogP contribution in [0.4, 0.5) is 4.79 Å². The van der Waals surface area contributed by atoms with Gasteiger partial charge in [-0.3, -0.25) is 28.8 Å². The third-order valence-corrected chi connectivity index (χ3v) is 5.47. The van der Waals surface area contributed by atoms with Crippen molar-refractivity contribution in [2.24, 2.45) is 0 Å². The first-order valence-corrected chi connectivity index (χ1v) is 12.8. The smallest absolute Gasteiger partial charge is 0.407 e. The summed E-state index contributed by atoms with van der Waals surface area (Å²) in [5, 5.41) is 9.50. The number of hydrogen-bond donors (Lipinski definition) is 4. The lowest BCUT2D eigenvalue weighted by Crippen LogP contribution is -2.70. The van der Waals surface area contributed by atoms with Gasteiger partial charge in [0.2, 0.25) is 17.7 Å². The van der Waals surface area contributed by atoms with E-state index in [4.69, 9.17) is 23.7 Å². The number of benzene rings is 1. The predicted octanol–water partition coefficient (Wildman–Crippen LogP) is -1.20. The lowest BCUT2D eigenvalue weighted by molar-refractivity contribution is -0.227. The molecule has 1 saturated heterocycles. The maximum atomic E-state index is 12.7. The number of alkyl carbamates (subject to hydrolysis) is 1. The molecule has 16 nitrogen and oxygen atoms in total. The van der Waals surface area contributed by atoms with Gasteiger partial charge in [0, 0.05) is 27.7 Å². The van der Waals surface area contributed by atoms with Crippen LogP contribution in [0.5, 0.6) is 0 Å². The Hall–Kier alpha value is -4.73. The molecule has 1 fully saturated rings. The van der Waals surface area contributed by atoms with E-state index in [-0.39, 0.29) is 6.61 Å². The summed E-state index contributed by atoms with van der Waals surface area (Å²) in [7, 11) is 0. The molecule has 2 rings (SSSR count). The normalized spacial score (nSPS) is 21.1. The molecule has 1 heterocycles. The predicted molar refractivity (Wildman–Crippen MR) is 140 cm³/mol. The summed E-state index contributed by atoms with van der Waals surface area (Å²) in [6, 6.07) is 7.62. The highest BCUT2D eigenvalue weighted by atomic mass is 16.6. The lowest BCUT2D eigenvalue weighted by Gasteiger charge is -2.45. The van der Waals surface area contributed by atoms with E-state index >= 15 is 0 Å². The zero-order valence-electron chi connectivity index (χ0n) is 23.5. The maximum Gasteiger partial charge on any atom is 0.407 e. The number of hydrogen-bond acceptors (Lipinski definition) is 12. The van der Waals surface area contributed by atoms with Crippen LogP contribution in [-0.2, 0) is 59.1 Å². The number of nitrogens with one attached hydrogen (secondary N) is 4. The Morgan fingerprint density at radius 3 is 1.95 bits per heavy atom. The van der Waals surface area contributed by atoms with Crippen molar-refractivity contribution in [2.75, 3.05) is 19.7 Å². The van der Waals surface area contributed by atoms with Gasteiger partial charge in [-0.2, -0.15) is 0 Å². The van der Waals surface area contributed by atoms with Crippen molar-refractivity contribution in [1.29, 1.82) is 0 Å². The summed E-state index contributed by atoms with van der Waals surface area (Å²) in [5.74, 6) is -4.38. The summed E-state index contributed by atoms with van der Waals surface area (Å²) < 4.78 is 26.4. The first-order chi connectivity index (χ1) is 19.8. The van der Waals surface area contributed by atoms with Gasteiger partial charge in [-0.1, -0.05) is 30.3 Å². The van der Waals surface area contributed by atoms with Crippen LogP contribution < -0.4 is 21.3 Å². The Balaban J connectivity index is 2.03. The third-order valence-electron chi connectivity index (χ3n) is 5.47. The molecule has 1 aliphatic rings. The molecular formula is C26H34N4O12. The summed E-state index contributed by atoms with van der Waals surface area (Å²) in [6.45, 7) is 2.95. The van der Waals surface area contributed by atoms with Crippen LogP contribution in [-0.4, -0.2) is 92.0 Å². The van der Waals surface area contributed by atoms with Crippen molar-refractivity contribution in [1.82, 2.24) is 21.3 Å². The highest BCUT2D eigenvalue weighted by molar-refractivity contribution is 5.87. The first kappa shape index (κ1) is 33.5. The molecule has 0 bridgehead atoms. The summed E-state index contributed by atoms with van der Waals surface area (Å²) >= 11 is 0. The minimum Gasteiger partial charge on any atom is -0.463 e. The zero-order chi connectivity index (χ0) is 31.2. The molecule has 0 aromatic heterocycles. The van der Waals surface area contributed by atoms with Crippen LogP contribution in [0.15, 0.2) is 30.3 Å². The van der Waals surface area contributed by atoms with Gasteiger partial charge in [0.25, 0.3) is 0 Å². The minimum atomic E-state index is -1.39. The molecule has 0 spiro atoms. The Kier molecular flexibility index (Phi) is 13.2. The van der Waals surface area contributed by atoms with Gasteiger partial charge in [-0.15, -0.1) is 0 Å². The molecule has 5 atom stereocenters. The fraction of sp³-hybridized carbons (Fsp3) is 0.500. The van der Waals surface area contributed by atoms with E-state index in [9.17, 15) is 33.6 Å². The number of carbonyl (C=O) groups excluding carboxylic acids is 7. The standard InChI is InChI=1S/C26H34N4O12/c1-14(31)29-22-24(41-17(4)34)23(40-16(3)33)19(13-38-15(2)32)42-25(22)30-21(36)11-27-20(35)10-28-26(37)39-12-18-8-6-5-7-9-18/h5-9,19,22-25H,10-13H2,1-4H3,(H,27,35)(H,28,37)(H,29,31)(H,30,36)/t19-,22-,23-,24-,25-/m1/s1. The maximum absolute atomic E-state index is 12.7. The molecule has 1 aromatic carbocycles. The topological polar surface area (TPSA) is 214 Å². The summed E-state index contributed by atoms with van der Waals surface area (Å²) in [4.78, 5) is 83.8. The average Bonchev–Trinajstić information content (AvgIpc) is 2.91. The van der Waals surface area contributed by atoms with Crippen LogP contribution in [0.3, 0.4) is 0 Å². The molecule has 4 N–H and O–H groups in total. The Morgan fingerprint density at radius 1 is 0.738 bits per heavy atom. The van der Waals surface area contributed by atoms with E-state index in [1.54, 1.807) is 24.3 Å². The molecule has 0 unspecified atom stereocenters. The highest BCUT2D eigenvalue weighted by Gasteiger charge is 2.51. The van der Waals surface area contributed by atoms with Crippen LogP contribution in [0, 0.1) is 0 Å². The van der Waals surface area contributed by atoms with Crippen molar-refractivity contribution < 1.29 is 57.2 Å². The molecule has 1 aromatic rings. The average molecular weight is 595 g/mol. The quantitative estimate of drug-likeness (QED) is 0.166. The molecule has 4 amide bonds. The Labute approximate surface area is 241 Å². The van der Waals surface area contributed by atoms with Gasteiger partial charge in [0.15, 0.2) is 18.4 Å². The second-order valence-electron chi connectivity index (χ2n) is 9.03. The second-order valence-corrected chi connectivity index (χ2v) is 9.03. The first-order valence-electron chi connectivity index (χ1n) is 12.8. The molecule has 1 aliphatic heterocycles. The number of amides is 4. The van der Waals surface area contributed by atoms with Crippen molar-refractivity contribution in [3.8, 4) is 0 Å². The van der Waals surface area contributed by atoms with Crippen molar-refractivity contribution in [2.45, 2.75) is 64.9 Å². The summed E-state index contributed by atoms with van der Waals surface area (Å²) in [5.41, 5.74) is 0.751. The van der Waals surface area contributed by atoms with Crippen LogP contribution in [0.2, 0.25) is 0 Å². The van der Waals surface area contributed by atoms with E-state index in [1.165, 1.54) is 0 Å². The Bertz CT molecular complexity index is 1150. The van der Waals surface area contributed by atoms with Crippen LogP contribution >= 0.6 is 0 Å². The van der Waals surface area contributed by atoms with Gasteiger partial charge in [0.1, 0.15) is 31.9 Å². The van der Waals surface area contributed by atoms with Gasteiger partial charge in [0.05, 0.1) is 6.54 Å². The van der Waals surface area contributed by atoms with E-state index in [0.717, 1.165) is 33.3 Å². The van der Waals surface area contributed by atoms with E-state index in [0.29, 0.717) is 0 Å². The lowest BCUT2D eigenvalue weighted by atomic mass is 9.95. The van der Waals surface area contributed by atoms with Gasteiger partial charge in [-0.25, -0.2) is 4.79 Å². The molecule has 0 radical (unpaired) electrons. The van der Waals surface area contributed by atoms with Crippen molar-refractivity contribution in [3.05, 3.63) is 35.9 Å². The highest BCUT2D eigenvalue weighted by Crippen LogP contribution is 2.26. The second kappa shape index (κ2) is 16.5. The van der Waals surface area contributed by atoms with Gasteiger partial charge in [-0.05, 0) is 5.56 Å². The SMILES string of the molecule is CC(=O)N[C@@H]1[C@@H](OC(C)=O)[C@H](OC(C)=O)[C@@H](COC(C)=O)O[C@H]1NC(=O)CNC(=O)CNC(=O)OCc1ccccc1. The minimum absolute atomic E-state index is 0.00134. The molecule has 230 valence electrons. The van der Waals surface area contributed by atoms with Crippen molar-refractivity contribution >= 4 is 41.7 Å². The number of carbonyl (C=O) groups is 7. The van der Waals surface area contributed by atoms with Crippen LogP contribution in [0.25, 0.3) is 0 Å². The van der Waals surface area contributed by atoms with E-state index < -0.39 is 92.0 Å². The molecule has 42 heavy (non-hydrogen) atoms. The van der Waals surface area contributed by atoms with Gasteiger partial charge < -0.3 is 45.0 Å². The fourth-order valence-corrected chi connectivity index (χ4v) is 3.83. The molecule has 16 heteroatoms. The third kappa shape index (κ3) is 11.8. The monoisotopic (exact) mass is 594 g/mol. The molecular weight excluding hydrogens is 560 g/mol. The largest absolute Gasteiger partial charge is 0.463 e. The molecule has 0 saturated carbocycles. The summed E-state index contributed by atoms with van der Waals surface area (Å²) in [6.07, 6.45) is -6.15. The fourth-order valence-electron chi connectivity index (χ4n) is 3.83. The number of ether oxygens (including phenoxy) is 5. The van der Waals surface area contributed by atoms with Gasteiger partial charge >= 0.3 is 24.0 Å². The van der Waals surface area contributed by atoms with E-state index in [1.807, 2.05) is 6.07 Å². The zero-order valence-corrected chi connectivity index (χ0v) is 23.5. The van der Waals surface area contributed by atoms with Crippen LogP contribution in [0.1, 0.15) is 33.3 Å².